The topological polar surface area (TPSA) is 145 Å². The number of esters is 1. The maximum Gasteiger partial charge on any atom is 0.338 e. The molecule has 0 spiro atoms. The number of nitrogens with one attached hydrogen (secondary N) is 1. The highest BCUT2D eigenvalue weighted by Crippen LogP contribution is 2.35. The fourth-order valence-electron chi connectivity index (χ4n) is 3.61. The Morgan fingerprint density at radius 3 is 2.69 bits per heavy atom. The summed E-state index contributed by atoms with van der Waals surface area (Å²) in [6.07, 6.45) is 0.442. The Balaban J connectivity index is 1.25. The molecule has 2 amide bonds. The van der Waals surface area contributed by atoms with Crippen LogP contribution in [0.2, 0.25) is 0 Å². The first kappa shape index (κ1) is 23.0. The third kappa shape index (κ3) is 4.87. The van der Waals surface area contributed by atoms with Crippen LogP contribution in [-0.2, 0) is 14.3 Å². The predicted molar refractivity (Wildman–Crippen MR) is 124 cm³/mol. The Morgan fingerprint density at radius 1 is 1.08 bits per heavy atom. The van der Waals surface area contributed by atoms with Gasteiger partial charge in [0.1, 0.15) is 12.3 Å². The summed E-state index contributed by atoms with van der Waals surface area (Å²) < 4.78 is 21.0. The summed E-state index contributed by atoms with van der Waals surface area (Å²) in [5.41, 5.74) is 1.91. The van der Waals surface area contributed by atoms with Gasteiger partial charge >= 0.3 is 5.97 Å². The third-order valence-corrected chi connectivity index (χ3v) is 5.38. The lowest BCUT2D eigenvalue weighted by Crippen LogP contribution is -2.38. The molecule has 2 aliphatic heterocycles. The fourth-order valence-corrected chi connectivity index (χ4v) is 3.61. The lowest BCUT2D eigenvalue weighted by atomic mass is 10.1. The molecule has 0 saturated carbocycles. The number of hydrogen-bond donors (Lipinski definition) is 1. The molecule has 0 aliphatic carbocycles. The molecule has 3 heterocycles. The van der Waals surface area contributed by atoms with Crippen molar-refractivity contribution in [3.8, 4) is 22.9 Å². The normalized spacial score (nSPS) is 14.4. The van der Waals surface area contributed by atoms with Gasteiger partial charge < -0.3 is 24.1 Å². The molecule has 2 aliphatic rings. The van der Waals surface area contributed by atoms with Crippen LogP contribution in [0.1, 0.15) is 36.0 Å². The van der Waals surface area contributed by atoms with Crippen molar-refractivity contribution >= 4 is 29.2 Å². The van der Waals surface area contributed by atoms with Gasteiger partial charge in [0.15, 0.2) is 11.5 Å². The maximum absolute atomic E-state index is 12.5. The maximum atomic E-state index is 12.5. The molecule has 1 N–H and O–H groups in total. The molecule has 5 rings (SSSR count). The number of benzene rings is 2. The average Bonchev–Trinajstić information content (AvgIpc) is 3.55. The van der Waals surface area contributed by atoms with Crippen molar-refractivity contribution in [1.29, 1.82) is 0 Å². The molecule has 12 heteroatoms. The number of hydrazone groups is 1. The molecule has 1 aromatic heterocycles. The van der Waals surface area contributed by atoms with Crippen LogP contribution < -0.4 is 14.8 Å². The van der Waals surface area contributed by atoms with Gasteiger partial charge in [-0.1, -0.05) is 5.16 Å². The number of carbonyl (C=O) groups is 3. The van der Waals surface area contributed by atoms with Gasteiger partial charge in [-0.05, 0) is 49.4 Å². The quantitative estimate of drug-likeness (QED) is 0.493. The standard InChI is InChI=1S/C24H21N5O7/c1-2-33-24(32)14-3-6-16(7-4-14)25-20(30)12-29-21(31)10-8-17(27-29)23-26-22(28-36-23)15-5-9-18-19(11-15)35-13-34-18/h3-7,9,11H,2,8,10,12-13H2,1H3,(H,25,30). The largest absolute Gasteiger partial charge is 0.462 e. The highest BCUT2D eigenvalue weighted by molar-refractivity contribution is 6.02. The van der Waals surface area contributed by atoms with E-state index >= 15 is 0 Å². The zero-order valence-corrected chi connectivity index (χ0v) is 19.2. The fraction of sp³-hybridized carbons (Fsp3) is 0.250. The first-order chi connectivity index (χ1) is 17.5. The molecule has 0 atom stereocenters. The van der Waals surface area contributed by atoms with Crippen molar-refractivity contribution < 1.29 is 33.1 Å². The van der Waals surface area contributed by atoms with E-state index in [1.54, 1.807) is 49.4 Å². The Kier molecular flexibility index (Phi) is 6.31. The van der Waals surface area contributed by atoms with E-state index in [1.165, 1.54) is 0 Å². The number of hydrogen-bond acceptors (Lipinski definition) is 10. The second-order valence-electron chi connectivity index (χ2n) is 7.84. The van der Waals surface area contributed by atoms with Crippen LogP contribution in [0.25, 0.3) is 11.4 Å². The van der Waals surface area contributed by atoms with Gasteiger partial charge in [0.05, 0.1) is 12.2 Å². The molecule has 0 saturated heterocycles. The van der Waals surface area contributed by atoms with Gasteiger partial charge in [-0.25, -0.2) is 9.80 Å². The highest BCUT2D eigenvalue weighted by atomic mass is 16.7. The molecular formula is C24H21N5O7. The number of rotatable bonds is 7. The lowest BCUT2D eigenvalue weighted by molar-refractivity contribution is -0.135. The van der Waals surface area contributed by atoms with Gasteiger partial charge in [0.2, 0.25) is 24.4 Å². The van der Waals surface area contributed by atoms with Crippen LogP contribution in [0.5, 0.6) is 11.5 Å². The molecule has 0 bridgehead atoms. The van der Waals surface area contributed by atoms with Gasteiger partial charge in [-0.3, -0.25) is 9.59 Å². The van der Waals surface area contributed by atoms with Crippen molar-refractivity contribution in [2.45, 2.75) is 19.8 Å². The Labute approximate surface area is 204 Å². The molecule has 12 nitrogen and oxygen atoms in total. The van der Waals surface area contributed by atoms with Crippen molar-refractivity contribution in [1.82, 2.24) is 15.1 Å². The van der Waals surface area contributed by atoms with Crippen LogP contribution in [-0.4, -0.2) is 58.6 Å². The van der Waals surface area contributed by atoms with Gasteiger partial charge in [-0.2, -0.15) is 10.1 Å². The van der Waals surface area contributed by atoms with E-state index in [1.807, 2.05) is 0 Å². The predicted octanol–water partition coefficient (Wildman–Crippen LogP) is 2.61. The minimum atomic E-state index is -0.455. The second kappa shape index (κ2) is 9.86. The van der Waals surface area contributed by atoms with E-state index < -0.39 is 11.9 Å². The number of amides is 2. The summed E-state index contributed by atoms with van der Waals surface area (Å²) in [4.78, 5) is 41.0. The van der Waals surface area contributed by atoms with E-state index in [0.29, 0.717) is 46.3 Å². The van der Waals surface area contributed by atoms with Crippen molar-refractivity contribution in [2.24, 2.45) is 5.10 Å². The van der Waals surface area contributed by atoms with Crippen LogP contribution in [0.15, 0.2) is 52.1 Å². The summed E-state index contributed by atoms with van der Waals surface area (Å²) in [6, 6.07) is 11.5. The van der Waals surface area contributed by atoms with Crippen molar-refractivity contribution in [3.05, 3.63) is 53.9 Å². The molecule has 2 aromatic carbocycles. The third-order valence-electron chi connectivity index (χ3n) is 5.38. The Bertz CT molecular complexity index is 1350. The number of carbonyl (C=O) groups excluding carboxylic acids is 3. The SMILES string of the molecule is CCOC(=O)c1ccc(NC(=O)CN2N=C(c3nc(-c4ccc5c(c4)OCO5)no3)CCC2=O)cc1. The van der Waals surface area contributed by atoms with E-state index in [4.69, 9.17) is 18.7 Å². The zero-order chi connectivity index (χ0) is 25.1. The number of fused-ring (bicyclic) bond motifs is 1. The van der Waals surface area contributed by atoms with Crippen LogP contribution in [0.3, 0.4) is 0 Å². The Hall–Kier alpha value is -4.74. The summed E-state index contributed by atoms with van der Waals surface area (Å²) in [5, 5.41) is 12.0. The summed E-state index contributed by atoms with van der Waals surface area (Å²) in [7, 11) is 0. The molecule has 0 radical (unpaired) electrons. The van der Waals surface area contributed by atoms with E-state index in [2.05, 4.69) is 20.6 Å². The number of anilines is 1. The first-order valence-corrected chi connectivity index (χ1v) is 11.2. The zero-order valence-electron chi connectivity index (χ0n) is 19.2. The van der Waals surface area contributed by atoms with Gasteiger partial charge in [0, 0.05) is 24.1 Å². The van der Waals surface area contributed by atoms with Gasteiger partial charge in [-0.15, -0.1) is 0 Å². The highest BCUT2D eigenvalue weighted by Gasteiger charge is 2.27. The van der Waals surface area contributed by atoms with E-state index in [0.717, 1.165) is 5.01 Å². The molecule has 0 unspecified atom stereocenters. The van der Waals surface area contributed by atoms with E-state index in [-0.39, 0.29) is 38.2 Å². The number of nitrogens with zero attached hydrogens (tertiary/aromatic N) is 4. The number of ether oxygens (including phenoxy) is 3. The van der Waals surface area contributed by atoms with Gasteiger partial charge in [0.25, 0.3) is 5.89 Å². The molecule has 184 valence electrons. The first-order valence-electron chi connectivity index (χ1n) is 11.2. The number of aromatic nitrogens is 2. The van der Waals surface area contributed by atoms with Crippen molar-refractivity contribution in [2.75, 3.05) is 25.3 Å². The Morgan fingerprint density at radius 2 is 1.89 bits per heavy atom. The summed E-state index contributed by atoms with van der Waals surface area (Å²) in [6.45, 7) is 1.85. The summed E-state index contributed by atoms with van der Waals surface area (Å²) >= 11 is 0. The molecule has 36 heavy (non-hydrogen) atoms. The van der Waals surface area contributed by atoms with Crippen LogP contribution >= 0.6 is 0 Å². The van der Waals surface area contributed by atoms with Crippen LogP contribution in [0.4, 0.5) is 5.69 Å². The lowest BCUT2D eigenvalue weighted by Gasteiger charge is -2.21. The monoisotopic (exact) mass is 491 g/mol. The van der Waals surface area contributed by atoms with E-state index in [9.17, 15) is 14.4 Å². The smallest absolute Gasteiger partial charge is 0.338 e. The van der Waals surface area contributed by atoms with Crippen molar-refractivity contribution in [3.63, 3.8) is 0 Å². The van der Waals surface area contributed by atoms with Crippen LogP contribution in [0, 0.1) is 0 Å². The summed E-state index contributed by atoms with van der Waals surface area (Å²) in [5.74, 6) is 0.520. The minimum absolute atomic E-state index is 0.141. The molecular weight excluding hydrogens is 470 g/mol. The average molecular weight is 491 g/mol. The second-order valence-corrected chi connectivity index (χ2v) is 7.84. The molecule has 0 fully saturated rings. The molecule has 3 aromatic rings. The minimum Gasteiger partial charge on any atom is -0.462 e.